The van der Waals surface area contributed by atoms with Gasteiger partial charge in [-0.2, -0.15) is 13.2 Å². The van der Waals surface area contributed by atoms with Crippen LogP contribution in [0.1, 0.15) is 25.7 Å². The van der Waals surface area contributed by atoms with Crippen molar-refractivity contribution in [3.63, 3.8) is 0 Å². The maximum atomic E-state index is 12.8. The van der Waals surface area contributed by atoms with E-state index in [1.807, 2.05) is 0 Å². The normalized spacial score (nSPS) is 31.0. The van der Waals surface area contributed by atoms with Crippen LogP contribution < -0.4 is 5.73 Å². The number of nitrogens with zero attached hydrogens (tertiary/aromatic N) is 1. The standard InChI is InChI=1S/C13H19F3N2O2S/c14-13(15,16)9-3-1-2-8(6-9)12(19)18-4-5-20-10(7-18)11(17)21/h8-10H,1-7H2,(H2,17,21). The zero-order valence-corrected chi connectivity index (χ0v) is 12.4. The largest absolute Gasteiger partial charge is 0.391 e. The van der Waals surface area contributed by atoms with E-state index in [0.717, 1.165) is 0 Å². The van der Waals surface area contributed by atoms with Gasteiger partial charge in [0.05, 0.1) is 19.1 Å². The number of carbonyl (C=O) groups is 1. The zero-order valence-electron chi connectivity index (χ0n) is 11.6. The van der Waals surface area contributed by atoms with Gasteiger partial charge in [0.2, 0.25) is 5.91 Å². The summed E-state index contributed by atoms with van der Waals surface area (Å²) in [5.74, 6) is -2.16. The Kier molecular flexibility index (Phi) is 5.08. The van der Waals surface area contributed by atoms with Gasteiger partial charge in [-0.05, 0) is 19.3 Å². The SMILES string of the molecule is NC(=S)C1CN(C(=O)C2CCCC(C(F)(F)F)C2)CCO1. The molecular weight excluding hydrogens is 305 g/mol. The van der Waals surface area contributed by atoms with Crippen molar-refractivity contribution in [3.8, 4) is 0 Å². The first-order valence-electron chi connectivity index (χ1n) is 7.05. The van der Waals surface area contributed by atoms with E-state index >= 15 is 0 Å². The summed E-state index contributed by atoms with van der Waals surface area (Å²) in [5.41, 5.74) is 5.51. The number of amides is 1. The van der Waals surface area contributed by atoms with Crippen LogP contribution in [-0.4, -0.2) is 47.8 Å². The lowest BCUT2D eigenvalue weighted by Gasteiger charge is -2.37. The molecule has 2 fully saturated rings. The van der Waals surface area contributed by atoms with Gasteiger partial charge in [-0.1, -0.05) is 18.6 Å². The highest BCUT2D eigenvalue weighted by Crippen LogP contribution is 2.40. The predicted molar refractivity (Wildman–Crippen MR) is 74.6 cm³/mol. The molecular formula is C13H19F3N2O2S. The fourth-order valence-corrected chi connectivity index (χ4v) is 3.13. The highest BCUT2D eigenvalue weighted by molar-refractivity contribution is 7.80. The zero-order chi connectivity index (χ0) is 15.6. The summed E-state index contributed by atoms with van der Waals surface area (Å²) >= 11 is 4.85. The second-order valence-corrected chi connectivity index (χ2v) is 6.12. The highest BCUT2D eigenvalue weighted by Gasteiger charge is 2.44. The average Bonchev–Trinajstić information content (AvgIpc) is 2.46. The highest BCUT2D eigenvalue weighted by atomic mass is 32.1. The van der Waals surface area contributed by atoms with E-state index in [1.165, 1.54) is 4.90 Å². The van der Waals surface area contributed by atoms with Crippen molar-refractivity contribution >= 4 is 23.1 Å². The van der Waals surface area contributed by atoms with E-state index in [9.17, 15) is 18.0 Å². The molecule has 0 radical (unpaired) electrons. The number of ether oxygens (including phenoxy) is 1. The predicted octanol–water partition coefficient (Wildman–Crippen LogP) is 1.87. The maximum absolute atomic E-state index is 12.8. The fraction of sp³-hybridized carbons (Fsp3) is 0.846. The van der Waals surface area contributed by atoms with Gasteiger partial charge in [-0.25, -0.2) is 0 Å². The van der Waals surface area contributed by atoms with Gasteiger partial charge in [-0.3, -0.25) is 4.79 Å². The maximum Gasteiger partial charge on any atom is 0.391 e. The van der Waals surface area contributed by atoms with Gasteiger partial charge in [0, 0.05) is 12.5 Å². The van der Waals surface area contributed by atoms with Crippen LogP contribution in [0.2, 0.25) is 0 Å². The monoisotopic (exact) mass is 324 g/mol. The second kappa shape index (κ2) is 6.48. The van der Waals surface area contributed by atoms with Crippen LogP contribution in [0.4, 0.5) is 13.2 Å². The molecule has 1 saturated heterocycles. The topological polar surface area (TPSA) is 55.6 Å². The third-order valence-electron chi connectivity index (χ3n) is 4.18. The van der Waals surface area contributed by atoms with Crippen molar-refractivity contribution in [3.05, 3.63) is 0 Å². The number of nitrogens with two attached hydrogens (primary N) is 1. The number of rotatable bonds is 2. The van der Waals surface area contributed by atoms with E-state index in [2.05, 4.69) is 0 Å². The van der Waals surface area contributed by atoms with Crippen LogP contribution in [-0.2, 0) is 9.53 Å². The summed E-state index contributed by atoms with van der Waals surface area (Å²) in [5, 5.41) is 0. The molecule has 1 aliphatic carbocycles. The number of halogens is 3. The molecule has 3 atom stereocenters. The Morgan fingerprint density at radius 1 is 1.33 bits per heavy atom. The van der Waals surface area contributed by atoms with Crippen molar-refractivity contribution in [1.29, 1.82) is 0 Å². The molecule has 2 N–H and O–H groups in total. The molecule has 0 aromatic rings. The second-order valence-electron chi connectivity index (χ2n) is 5.65. The third-order valence-corrected chi connectivity index (χ3v) is 4.44. The molecule has 21 heavy (non-hydrogen) atoms. The quantitative estimate of drug-likeness (QED) is 0.788. The summed E-state index contributed by atoms with van der Waals surface area (Å²) < 4.78 is 43.8. The Hall–Kier alpha value is -0.890. The van der Waals surface area contributed by atoms with Crippen LogP contribution in [0.5, 0.6) is 0 Å². The lowest BCUT2D eigenvalue weighted by atomic mass is 9.80. The number of hydrogen-bond donors (Lipinski definition) is 1. The minimum atomic E-state index is -4.22. The van der Waals surface area contributed by atoms with Crippen molar-refractivity contribution in [2.45, 2.75) is 38.0 Å². The van der Waals surface area contributed by atoms with Gasteiger partial charge in [0.1, 0.15) is 11.1 Å². The van der Waals surface area contributed by atoms with Gasteiger partial charge >= 0.3 is 6.18 Å². The average molecular weight is 324 g/mol. The molecule has 0 aromatic heterocycles. The summed E-state index contributed by atoms with van der Waals surface area (Å²) in [6, 6.07) is 0. The Balaban J connectivity index is 1.97. The molecule has 8 heteroatoms. The number of thiocarbonyl (C=S) groups is 1. The van der Waals surface area contributed by atoms with Gasteiger partial charge in [-0.15, -0.1) is 0 Å². The van der Waals surface area contributed by atoms with E-state index in [4.69, 9.17) is 22.7 Å². The Morgan fingerprint density at radius 2 is 2.05 bits per heavy atom. The van der Waals surface area contributed by atoms with Crippen molar-refractivity contribution in [1.82, 2.24) is 4.90 Å². The lowest BCUT2D eigenvalue weighted by molar-refractivity contribution is -0.187. The van der Waals surface area contributed by atoms with Gasteiger partial charge in [0.25, 0.3) is 0 Å². The van der Waals surface area contributed by atoms with Crippen molar-refractivity contribution in [2.75, 3.05) is 19.7 Å². The number of alkyl halides is 3. The molecule has 4 nitrogen and oxygen atoms in total. The number of morpholine rings is 1. The molecule has 0 spiro atoms. The van der Waals surface area contributed by atoms with E-state index in [1.54, 1.807) is 0 Å². The van der Waals surface area contributed by atoms with Crippen LogP contribution in [0.15, 0.2) is 0 Å². The molecule has 0 bridgehead atoms. The summed E-state index contributed by atoms with van der Waals surface area (Å²) in [6.45, 7) is 0.926. The van der Waals surface area contributed by atoms with Crippen LogP contribution in [0, 0.1) is 11.8 Å². The van der Waals surface area contributed by atoms with Crippen molar-refractivity contribution in [2.24, 2.45) is 17.6 Å². The first-order chi connectivity index (χ1) is 9.79. The molecule has 1 amide bonds. The summed E-state index contributed by atoms with van der Waals surface area (Å²) in [6.07, 6.45) is -3.77. The number of hydrogen-bond acceptors (Lipinski definition) is 3. The first-order valence-corrected chi connectivity index (χ1v) is 7.46. The fourth-order valence-electron chi connectivity index (χ4n) is 2.99. The lowest BCUT2D eigenvalue weighted by Crippen LogP contribution is -2.52. The minimum absolute atomic E-state index is 0.114. The van der Waals surface area contributed by atoms with Crippen LogP contribution >= 0.6 is 12.2 Å². The molecule has 3 unspecified atom stereocenters. The Labute approximate surface area is 126 Å². The molecule has 1 aliphatic heterocycles. The van der Waals surface area contributed by atoms with E-state index in [0.29, 0.717) is 26.0 Å². The molecule has 1 heterocycles. The van der Waals surface area contributed by atoms with Crippen LogP contribution in [0.3, 0.4) is 0 Å². The Morgan fingerprint density at radius 3 is 2.67 bits per heavy atom. The van der Waals surface area contributed by atoms with Gasteiger partial charge < -0.3 is 15.4 Å². The van der Waals surface area contributed by atoms with Crippen molar-refractivity contribution < 1.29 is 22.7 Å². The molecule has 2 aliphatic rings. The molecule has 2 rings (SSSR count). The first kappa shape index (κ1) is 16.5. The summed E-state index contributed by atoms with van der Waals surface area (Å²) in [7, 11) is 0. The minimum Gasteiger partial charge on any atom is -0.391 e. The third kappa shape index (κ3) is 4.06. The van der Waals surface area contributed by atoms with E-state index in [-0.39, 0.29) is 30.3 Å². The van der Waals surface area contributed by atoms with Crippen LogP contribution in [0.25, 0.3) is 0 Å². The van der Waals surface area contributed by atoms with Gasteiger partial charge in [0.15, 0.2) is 0 Å². The molecule has 1 saturated carbocycles. The Bertz CT molecular complexity index is 417. The molecule has 120 valence electrons. The smallest absolute Gasteiger partial charge is 0.391 e. The van der Waals surface area contributed by atoms with E-state index < -0.39 is 24.1 Å². The number of carbonyl (C=O) groups excluding carboxylic acids is 1. The summed E-state index contributed by atoms with van der Waals surface area (Å²) in [4.78, 5) is 14.1. The molecule has 0 aromatic carbocycles.